The highest BCUT2D eigenvalue weighted by Crippen LogP contribution is 2.38. The maximum Gasteiger partial charge on any atom is 0.139 e. The number of nitrogens with zero attached hydrogens (tertiary/aromatic N) is 2. The Kier molecular flexibility index (Phi) is 5.15. The van der Waals surface area contributed by atoms with E-state index in [1.165, 1.54) is 11.8 Å². The smallest absolute Gasteiger partial charge is 0.139 e. The van der Waals surface area contributed by atoms with E-state index in [1.54, 1.807) is 6.92 Å². The number of aliphatic imine (C=N–C) groups is 1. The Labute approximate surface area is 113 Å². The second-order valence-electron chi connectivity index (χ2n) is 5.11. The first-order valence-corrected chi connectivity index (χ1v) is 7.38. The number of Topliss-reactive ketones (excluding diaryl/α,β-unsaturated/α-hetero) is 1. The maximum absolute atomic E-state index is 11.8. The van der Waals surface area contributed by atoms with Crippen LogP contribution in [0, 0.1) is 29.1 Å². The van der Waals surface area contributed by atoms with Gasteiger partial charge in [-0.25, -0.2) is 4.99 Å². The van der Waals surface area contributed by atoms with Crippen molar-refractivity contribution in [3.63, 3.8) is 0 Å². The summed E-state index contributed by atoms with van der Waals surface area (Å²) in [6, 6.07) is 2.27. The molecular formula is C14H20N2OS. The number of ketones is 1. The van der Waals surface area contributed by atoms with Gasteiger partial charge in [0.05, 0.1) is 17.6 Å². The third kappa shape index (κ3) is 3.02. The summed E-state index contributed by atoms with van der Waals surface area (Å²) in [4.78, 5) is 16.3. The third-order valence-corrected chi connectivity index (χ3v) is 3.91. The van der Waals surface area contributed by atoms with Crippen LogP contribution in [0.15, 0.2) is 15.6 Å². The molecule has 0 radical (unpaired) electrons. The van der Waals surface area contributed by atoms with Crippen molar-refractivity contribution in [1.29, 1.82) is 5.26 Å². The fourth-order valence-electron chi connectivity index (χ4n) is 2.53. The molecule has 3 nitrogen and oxygen atoms in total. The summed E-state index contributed by atoms with van der Waals surface area (Å²) in [7, 11) is 0. The number of nitriles is 1. The Morgan fingerprint density at radius 2 is 2.17 bits per heavy atom. The standard InChI is InChI=1S/C14H20N2OS/c1-8(2)6-11-12(7-15)14(18-5)16-9(3)13(11)10(4)17/h8,11,13H,6H2,1-5H3/t11-,13?/m1/s1. The van der Waals surface area contributed by atoms with Crippen LogP contribution in [0.4, 0.5) is 0 Å². The molecule has 4 heteroatoms. The first-order valence-electron chi connectivity index (χ1n) is 6.16. The molecule has 0 saturated carbocycles. The van der Waals surface area contributed by atoms with Crippen LogP contribution in [0.3, 0.4) is 0 Å². The summed E-state index contributed by atoms with van der Waals surface area (Å²) in [6.07, 6.45) is 2.77. The molecule has 0 N–H and O–H groups in total. The van der Waals surface area contributed by atoms with Crippen LogP contribution in [-0.2, 0) is 4.79 Å². The fraction of sp³-hybridized carbons (Fsp3) is 0.643. The van der Waals surface area contributed by atoms with E-state index in [-0.39, 0.29) is 17.6 Å². The molecule has 1 unspecified atom stereocenters. The van der Waals surface area contributed by atoms with Gasteiger partial charge in [-0.3, -0.25) is 4.79 Å². The van der Waals surface area contributed by atoms with E-state index in [1.807, 2.05) is 13.2 Å². The van der Waals surface area contributed by atoms with Gasteiger partial charge < -0.3 is 0 Å². The minimum Gasteiger partial charge on any atom is -0.299 e. The largest absolute Gasteiger partial charge is 0.299 e. The van der Waals surface area contributed by atoms with Gasteiger partial charge in [-0.15, -0.1) is 11.8 Å². The second-order valence-corrected chi connectivity index (χ2v) is 5.91. The molecule has 0 amide bonds. The molecule has 0 saturated heterocycles. The van der Waals surface area contributed by atoms with Crippen LogP contribution >= 0.6 is 11.8 Å². The SMILES string of the molecule is CSC1=C(C#N)[C@@H](CC(C)C)C(C(C)=O)C(C)=N1. The number of allylic oxidation sites excluding steroid dienone is 1. The lowest BCUT2D eigenvalue weighted by Gasteiger charge is -2.30. The molecule has 0 bridgehead atoms. The van der Waals surface area contributed by atoms with Crippen LogP contribution in [0.1, 0.15) is 34.1 Å². The van der Waals surface area contributed by atoms with Crippen LogP contribution < -0.4 is 0 Å². The van der Waals surface area contributed by atoms with Gasteiger partial charge in [0.2, 0.25) is 0 Å². The van der Waals surface area contributed by atoms with E-state index in [4.69, 9.17) is 0 Å². The van der Waals surface area contributed by atoms with Gasteiger partial charge in [0.15, 0.2) is 0 Å². The van der Waals surface area contributed by atoms with Crippen molar-refractivity contribution in [1.82, 2.24) is 0 Å². The highest BCUT2D eigenvalue weighted by atomic mass is 32.2. The number of carbonyl (C=O) groups excluding carboxylic acids is 1. The number of rotatable bonds is 4. The first kappa shape index (κ1) is 15.0. The van der Waals surface area contributed by atoms with Crippen LogP contribution in [0.5, 0.6) is 0 Å². The normalized spacial score (nSPS) is 23.9. The van der Waals surface area contributed by atoms with Crippen molar-refractivity contribution in [2.45, 2.75) is 34.1 Å². The van der Waals surface area contributed by atoms with Gasteiger partial charge >= 0.3 is 0 Å². The van der Waals surface area contributed by atoms with E-state index in [0.717, 1.165) is 17.2 Å². The van der Waals surface area contributed by atoms with Gasteiger partial charge in [0.1, 0.15) is 10.8 Å². The highest BCUT2D eigenvalue weighted by Gasteiger charge is 2.36. The van der Waals surface area contributed by atoms with Crippen molar-refractivity contribution >= 4 is 23.3 Å². The van der Waals surface area contributed by atoms with Gasteiger partial charge in [-0.1, -0.05) is 13.8 Å². The molecule has 0 aromatic heterocycles. The van der Waals surface area contributed by atoms with Gasteiger partial charge in [-0.2, -0.15) is 5.26 Å². The fourth-order valence-corrected chi connectivity index (χ4v) is 3.18. The van der Waals surface area contributed by atoms with Crippen molar-refractivity contribution in [3.8, 4) is 6.07 Å². The first-order chi connectivity index (χ1) is 8.42. The van der Waals surface area contributed by atoms with Crippen molar-refractivity contribution in [2.24, 2.45) is 22.7 Å². The lowest BCUT2D eigenvalue weighted by Crippen LogP contribution is -2.33. The van der Waals surface area contributed by atoms with E-state index < -0.39 is 0 Å². The average molecular weight is 264 g/mol. The second kappa shape index (κ2) is 6.19. The summed E-state index contributed by atoms with van der Waals surface area (Å²) in [6.45, 7) is 7.72. The Balaban J connectivity index is 3.27. The quantitative estimate of drug-likeness (QED) is 0.781. The highest BCUT2D eigenvalue weighted by molar-refractivity contribution is 8.02. The van der Waals surface area contributed by atoms with Crippen molar-refractivity contribution in [3.05, 3.63) is 10.6 Å². The average Bonchev–Trinajstić information content (AvgIpc) is 2.26. The number of thioether (sulfide) groups is 1. The molecule has 1 aliphatic heterocycles. The summed E-state index contributed by atoms with van der Waals surface area (Å²) in [5, 5.41) is 10.1. The molecule has 98 valence electrons. The molecule has 1 aliphatic rings. The Hall–Kier alpha value is -1.08. The predicted octanol–water partition coefficient (Wildman–Crippen LogP) is 3.43. The van der Waals surface area contributed by atoms with Crippen molar-refractivity contribution < 1.29 is 4.79 Å². The number of hydrogen-bond donors (Lipinski definition) is 0. The monoisotopic (exact) mass is 264 g/mol. The zero-order chi connectivity index (χ0) is 13.9. The molecule has 1 rings (SSSR count). The lowest BCUT2D eigenvalue weighted by atomic mass is 9.75. The molecule has 0 fully saturated rings. The maximum atomic E-state index is 11.8. The summed E-state index contributed by atoms with van der Waals surface area (Å²) in [5.74, 6) is 0.328. The van der Waals surface area contributed by atoms with Crippen molar-refractivity contribution in [2.75, 3.05) is 6.26 Å². The van der Waals surface area contributed by atoms with E-state index in [2.05, 4.69) is 24.9 Å². The zero-order valence-corrected chi connectivity index (χ0v) is 12.5. The summed E-state index contributed by atoms with van der Waals surface area (Å²) in [5.41, 5.74) is 1.53. The Morgan fingerprint density at radius 3 is 2.56 bits per heavy atom. The Morgan fingerprint density at radius 1 is 1.56 bits per heavy atom. The minimum atomic E-state index is -0.224. The molecular weight excluding hydrogens is 244 g/mol. The van der Waals surface area contributed by atoms with Crippen LogP contribution in [0.2, 0.25) is 0 Å². The van der Waals surface area contributed by atoms with Crippen LogP contribution in [-0.4, -0.2) is 17.8 Å². The zero-order valence-electron chi connectivity index (χ0n) is 11.7. The molecule has 1 heterocycles. The summed E-state index contributed by atoms with van der Waals surface area (Å²) >= 11 is 1.49. The van der Waals surface area contributed by atoms with Gasteiger partial charge in [0.25, 0.3) is 0 Å². The minimum absolute atomic E-state index is 0.00699. The third-order valence-electron chi connectivity index (χ3n) is 3.21. The van der Waals surface area contributed by atoms with Gasteiger partial charge in [-0.05, 0) is 32.4 Å². The van der Waals surface area contributed by atoms with E-state index in [0.29, 0.717) is 11.5 Å². The van der Waals surface area contributed by atoms with E-state index >= 15 is 0 Å². The molecule has 0 aromatic carbocycles. The summed E-state index contributed by atoms with van der Waals surface area (Å²) < 4.78 is 0. The Bertz CT molecular complexity index is 443. The molecule has 0 aliphatic carbocycles. The molecule has 0 spiro atoms. The van der Waals surface area contributed by atoms with Gasteiger partial charge in [0, 0.05) is 11.6 Å². The topological polar surface area (TPSA) is 53.2 Å². The molecule has 0 aromatic rings. The molecule has 2 atom stereocenters. The predicted molar refractivity (Wildman–Crippen MR) is 76.4 cm³/mol. The van der Waals surface area contributed by atoms with E-state index in [9.17, 15) is 10.1 Å². The lowest BCUT2D eigenvalue weighted by molar-refractivity contribution is -0.119. The molecule has 18 heavy (non-hydrogen) atoms. The number of carbonyl (C=O) groups is 1. The van der Waals surface area contributed by atoms with Crippen LogP contribution in [0.25, 0.3) is 0 Å². The number of hydrogen-bond acceptors (Lipinski definition) is 4.